The van der Waals surface area contributed by atoms with Gasteiger partial charge in [0.15, 0.2) is 0 Å². The second-order valence-electron chi connectivity index (χ2n) is 12.3. The van der Waals surface area contributed by atoms with Crippen molar-refractivity contribution in [2.75, 3.05) is 0 Å². The van der Waals surface area contributed by atoms with Crippen LogP contribution in [0, 0.1) is 0 Å². The van der Waals surface area contributed by atoms with Gasteiger partial charge in [-0.2, -0.15) is 0 Å². The lowest BCUT2D eigenvalue weighted by molar-refractivity contribution is 1.11. The molecule has 3 heteroatoms. The Morgan fingerprint density at radius 3 is 1.81 bits per heavy atom. The van der Waals surface area contributed by atoms with E-state index in [1.165, 1.54) is 64.0 Å². The molecule has 2 heterocycles. The molecule has 0 amide bonds. The van der Waals surface area contributed by atoms with Crippen LogP contribution in [0.15, 0.2) is 170 Å². The molecule has 0 radical (unpaired) electrons. The lowest BCUT2D eigenvalue weighted by Gasteiger charge is -2.14. The summed E-state index contributed by atoms with van der Waals surface area (Å²) in [4.78, 5) is 5.49. The summed E-state index contributed by atoms with van der Waals surface area (Å²) in [7, 11) is 0. The molecule has 0 aliphatic rings. The molecule has 2 aromatic heterocycles. The van der Waals surface area contributed by atoms with Crippen molar-refractivity contribution in [3.8, 4) is 39.3 Å². The summed E-state index contributed by atoms with van der Waals surface area (Å²) in [6, 6.07) is 61.2. The first kappa shape index (κ1) is 27.1. The first-order valence-electron chi connectivity index (χ1n) is 16.3. The third-order valence-corrected chi connectivity index (χ3v) is 10.8. The van der Waals surface area contributed by atoms with Gasteiger partial charge in [0.1, 0.15) is 5.82 Å². The van der Waals surface area contributed by atoms with Gasteiger partial charge in [0.05, 0.1) is 11.0 Å². The van der Waals surface area contributed by atoms with E-state index >= 15 is 0 Å². The maximum Gasteiger partial charge on any atom is 0.145 e. The van der Waals surface area contributed by atoms with Crippen molar-refractivity contribution < 1.29 is 0 Å². The molecule has 0 aliphatic carbocycles. The third-order valence-electron chi connectivity index (χ3n) is 9.60. The second-order valence-corrected chi connectivity index (χ2v) is 13.4. The number of nitrogens with zero attached hydrogens (tertiary/aromatic N) is 2. The summed E-state index contributed by atoms with van der Waals surface area (Å²) in [5.74, 6) is 0.934. The average molecular weight is 629 g/mol. The van der Waals surface area contributed by atoms with Crippen LogP contribution in [0.2, 0.25) is 0 Å². The minimum absolute atomic E-state index is 0.934. The van der Waals surface area contributed by atoms with Crippen LogP contribution in [0.5, 0.6) is 0 Å². The van der Waals surface area contributed by atoms with Crippen LogP contribution in [0.25, 0.3) is 92.1 Å². The van der Waals surface area contributed by atoms with Crippen molar-refractivity contribution >= 4 is 64.1 Å². The Morgan fingerprint density at radius 1 is 0.417 bits per heavy atom. The fraction of sp³-hybridized carbons (Fsp3) is 0. The standard InChI is InChI=1S/C45H28N2S/c1-2-12-29(13-3-1)30-24-26-31(27-25-30)45-46-42-38-19-6-4-16-35(38)36-17-5-7-20-39(36)43(42)47(45)33-15-10-14-32(28-33)34-21-11-22-40-37-18-8-9-23-41(37)48-44(34)40/h1-28H. The molecule has 0 atom stereocenters. The van der Waals surface area contributed by atoms with Gasteiger partial charge in [-0.1, -0.05) is 152 Å². The van der Waals surface area contributed by atoms with Gasteiger partial charge in [0.2, 0.25) is 0 Å². The van der Waals surface area contributed by atoms with E-state index in [9.17, 15) is 0 Å². The van der Waals surface area contributed by atoms with Crippen LogP contribution in [-0.4, -0.2) is 9.55 Å². The fourth-order valence-electron chi connectivity index (χ4n) is 7.38. The lowest BCUT2D eigenvalue weighted by atomic mass is 9.99. The van der Waals surface area contributed by atoms with E-state index in [4.69, 9.17) is 4.98 Å². The van der Waals surface area contributed by atoms with Crippen molar-refractivity contribution in [3.63, 3.8) is 0 Å². The molecule has 224 valence electrons. The maximum absolute atomic E-state index is 5.49. The van der Waals surface area contributed by atoms with Gasteiger partial charge in [-0.3, -0.25) is 4.57 Å². The highest BCUT2D eigenvalue weighted by Gasteiger charge is 2.21. The molecule has 0 aliphatic heterocycles. The quantitative estimate of drug-likeness (QED) is 0.177. The molecular formula is C45H28N2S. The van der Waals surface area contributed by atoms with E-state index in [1.807, 2.05) is 11.3 Å². The summed E-state index contributed by atoms with van der Waals surface area (Å²) < 4.78 is 5.02. The van der Waals surface area contributed by atoms with Crippen LogP contribution >= 0.6 is 11.3 Å². The van der Waals surface area contributed by atoms with Gasteiger partial charge in [-0.05, 0) is 51.2 Å². The normalized spacial score (nSPS) is 11.8. The molecular weight excluding hydrogens is 601 g/mol. The Hall–Kier alpha value is -6.03. The van der Waals surface area contributed by atoms with Crippen LogP contribution < -0.4 is 0 Å². The monoisotopic (exact) mass is 628 g/mol. The van der Waals surface area contributed by atoms with Crippen molar-refractivity contribution in [3.05, 3.63) is 170 Å². The second kappa shape index (κ2) is 10.8. The molecule has 10 aromatic rings. The molecule has 0 N–H and O–H groups in total. The maximum atomic E-state index is 5.49. The first-order valence-corrected chi connectivity index (χ1v) is 17.1. The Morgan fingerprint density at radius 2 is 1.00 bits per heavy atom. The average Bonchev–Trinajstić information content (AvgIpc) is 3.76. The van der Waals surface area contributed by atoms with E-state index in [1.54, 1.807) is 0 Å². The predicted octanol–water partition coefficient (Wildman–Crippen LogP) is 12.7. The van der Waals surface area contributed by atoms with Gasteiger partial charge >= 0.3 is 0 Å². The van der Waals surface area contributed by atoms with Crippen LogP contribution in [0.1, 0.15) is 0 Å². The number of aromatic nitrogens is 2. The van der Waals surface area contributed by atoms with Gasteiger partial charge in [0, 0.05) is 42.2 Å². The molecule has 0 bridgehead atoms. The van der Waals surface area contributed by atoms with E-state index in [0.717, 1.165) is 28.1 Å². The molecule has 8 aromatic carbocycles. The minimum atomic E-state index is 0.934. The molecule has 0 spiro atoms. The largest absolute Gasteiger partial charge is 0.292 e. The number of imidazole rings is 1. The summed E-state index contributed by atoms with van der Waals surface area (Å²) in [5.41, 5.74) is 9.17. The smallest absolute Gasteiger partial charge is 0.145 e. The van der Waals surface area contributed by atoms with Gasteiger partial charge in [-0.15, -0.1) is 11.3 Å². The lowest BCUT2D eigenvalue weighted by Crippen LogP contribution is -1.99. The SMILES string of the molecule is c1ccc(-c2ccc(-c3nc4c5ccccc5c5ccccc5c4n3-c3cccc(-c4cccc5c4sc4ccccc45)c3)cc2)cc1. The van der Waals surface area contributed by atoms with Gasteiger partial charge < -0.3 is 0 Å². The number of fused-ring (bicyclic) bond motifs is 9. The summed E-state index contributed by atoms with van der Waals surface area (Å²) in [5, 5.41) is 7.44. The highest BCUT2D eigenvalue weighted by molar-refractivity contribution is 7.26. The third kappa shape index (κ3) is 4.15. The number of benzene rings is 8. The number of hydrogen-bond donors (Lipinski definition) is 0. The Bertz CT molecular complexity index is 2820. The molecule has 0 unspecified atom stereocenters. The molecule has 48 heavy (non-hydrogen) atoms. The molecule has 2 nitrogen and oxygen atoms in total. The van der Waals surface area contributed by atoms with Crippen molar-refractivity contribution in [1.82, 2.24) is 9.55 Å². The topological polar surface area (TPSA) is 17.8 Å². The number of hydrogen-bond acceptors (Lipinski definition) is 2. The zero-order valence-electron chi connectivity index (χ0n) is 26.0. The Labute approximate surface area is 281 Å². The zero-order valence-corrected chi connectivity index (χ0v) is 26.8. The number of thiophene rings is 1. The van der Waals surface area contributed by atoms with Gasteiger partial charge in [-0.25, -0.2) is 4.98 Å². The molecule has 0 saturated heterocycles. The van der Waals surface area contributed by atoms with Crippen LogP contribution in [0.3, 0.4) is 0 Å². The van der Waals surface area contributed by atoms with E-state index < -0.39 is 0 Å². The zero-order chi connectivity index (χ0) is 31.6. The Kier molecular flexibility index (Phi) is 6.08. The van der Waals surface area contributed by atoms with Crippen molar-refractivity contribution in [1.29, 1.82) is 0 Å². The fourth-order valence-corrected chi connectivity index (χ4v) is 8.62. The highest BCUT2D eigenvalue weighted by atomic mass is 32.1. The van der Waals surface area contributed by atoms with E-state index in [2.05, 4.69) is 174 Å². The summed E-state index contributed by atoms with van der Waals surface area (Å²) in [6.45, 7) is 0. The Balaban J connectivity index is 1.26. The van der Waals surface area contributed by atoms with E-state index in [0.29, 0.717) is 0 Å². The number of rotatable bonds is 4. The highest BCUT2D eigenvalue weighted by Crippen LogP contribution is 2.42. The summed E-state index contributed by atoms with van der Waals surface area (Å²) in [6.07, 6.45) is 0. The van der Waals surface area contributed by atoms with E-state index in [-0.39, 0.29) is 0 Å². The molecule has 0 fully saturated rings. The molecule has 0 saturated carbocycles. The minimum Gasteiger partial charge on any atom is -0.292 e. The molecule has 10 rings (SSSR count). The first-order chi connectivity index (χ1) is 23.8. The van der Waals surface area contributed by atoms with Crippen molar-refractivity contribution in [2.45, 2.75) is 0 Å². The van der Waals surface area contributed by atoms with Crippen LogP contribution in [-0.2, 0) is 0 Å². The van der Waals surface area contributed by atoms with Crippen LogP contribution in [0.4, 0.5) is 0 Å². The predicted molar refractivity (Wildman–Crippen MR) is 205 cm³/mol. The van der Waals surface area contributed by atoms with Crippen molar-refractivity contribution in [2.24, 2.45) is 0 Å². The summed E-state index contributed by atoms with van der Waals surface area (Å²) >= 11 is 1.87. The van der Waals surface area contributed by atoms with Gasteiger partial charge in [0.25, 0.3) is 0 Å².